The Bertz CT molecular complexity index is 483. The maximum absolute atomic E-state index is 13.0. The third kappa shape index (κ3) is 3.60. The molecule has 96 valence electrons. The SMILES string of the molecule is Cc1cc(OCCNCc2ccoc2)ccc1F. The number of aryl methyl sites for hydroxylation is 1. The fourth-order valence-corrected chi connectivity index (χ4v) is 1.57. The van der Waals surface area contributed by atoms with Crippen molar-refractivity contribution in [1.29, 1.82) is 0 Å². The molecule has 0 aliphatic carbocycles. The summed E-state index contributed by atoms with van der Waals surface area (Å²) in [5.74, 6) is 0.486. The lowest BCUT2D eigenvalue weighted by Crippen LogP contribution is -2.20. The summed E-state index contributed by atoms with van der Waals surface area (Å²) in [6.07, 6.45) is 3.35. The van der Waals surface area contributed by atoms with Gasteiger partial charge in [0, 0.05) is 18.7 Å². The van der Waals surface area contributed by atoms with Gasteiger partial charge in [0.1, 0.15) is 18.2 Å². The van der Waals surface area contributed by atoms with Gasteiger partial charge >= 0.3 is 0 Å². The van der Waals surface area contributed by atoms with Gasteiger partial charge in [-0.3, -0.25) is 0 Å². The van der Waals surface area contributed by atoms with Crippen LogP contribution in [-0.2, 0) is 6.54 Å². The van der Waals surface area contributed by atoms with Crippen molar-refractivity contribution < 1.29 is 13.5 Å². The molecule has 0 spiro atoms. The van der Waals surface area contributed by atoms with Crippen LogP contribution in [0.25, 0.3) is 0 Å². The molecule has 1 aromatic heterocycles. The second-order valence-electron chi connectivity index (χ2n) is 4.07. The molecule has 0 saturated heterocycles. The molecule has 18 heavy (non-hydrogen) atoms. The number of ether oxygens (including phenoxy) is 1. The van der Waals surface area contributed by atoms with Crippen molar-refractivity contribution in [1.82, 2.24) is 5.32 Å². The van der Waals surface area contributed by atoms with Crippen LogP contribution in [0.15, 0.2) is 41.2 Å². The van der Waals surface area contributed by atoms with Gasteiger partial charge in [-0.2, -0.15) is 0 Å². The quantitative estimate of drug-likeness (QED) is 0.799. The lowest BCUT2D eigenvalue weighted by molar-refractivity contribution is 0.313. The van der Waals surface area contributed by atoms with Crippen molar-refractivity contribution in [3.05, 3.63) is 53.7 Å². The van der Waals surface area contributed by atoms with Gasteiger partial charge in [0.25, 0.3) is 0 Å². The predicted molar refractivity (Wildman–Crippen MR) is 67.0 cm³/mol. The Balaban J connectivity index is 1.67. The highest BCUT2D eigenvalue weighted by Crippen LogP contribution is 2.15. The third-order valence-electron chi connectivity index (χ3n) is 2.59. The summed E-state index contributed by atoms with van der Waals surface area (Å²) in [4.78, 5) is 0. The summed E-state index contributed by atoms with van der Waals surface area (Å²) >= 11 is 0. The predicted octanol–water partition coefficient (Wildman–Crippen LogP) is 2.90. The number of nitrogens with one attached hydrogen (secondary N) is 1. The van der Waals surface area contributed by atoms with Gasteiger partial charge in [0.2, 0.25) is 0 Å². The van der Waals surface area contributed by atoms with Crippen molar-refractivity contribution >= 4 is 0 Å². The molecule has 4 heteroatoms. The zero-order valence-corrected chi connectivity index (χ0v) is 10.3. The minimum Gasteiger partial charge on any atom is -0.492 e. The van der Waals surface area contributed by atoms with Crippen molar-refractivity contribution in [2.45, 2.75) is 13.5 Å². The van der Waals surface area contributed by atoms with Crippen LogP contribution in [0.1, 0.15) is 11.1 Å². The number of halogens is 1. The first-order chi connectivity index (χ1) is 8.75. The van der Waals surface area contributed by atoms with Crippen LogP contribution in [0, 0.1) is 12.7 Å². The zero-order valence-electron chi connectivity index (χ0n) is 10.3. The lowest BCUT2D eigenvalue weighted by atomic mass is 10.2. The monoisotopic (exact) mass is 249 g/mol. The Labute approximate surface area is 106 Å². The molecule has 2 aromatic rings. The highest BCUT2D eigenvalue weighted by Gasteiger charge is 1.99. The van der Waals surface area contributed by atoms with Crippen molar-refractivity contribution in [2.75, 3.05) is 13.2 Å². The summed E-state index contributed by atoms with van der Waals surface area (Å²) < 4.78 is 23.5. The van der Waals surface area contributed by atoms with E-state index in [0.29, 0.717) is 17.9 Å². The average molecular weight is 249 g/mol. The maximum atomic E-state index is 13.0. The largest absolute Gasteiger partial charge is 0.492 e. The summed E-state index contributed by atoms with van der Waals surface area (Å²) in [7, 11) is 0. The standard InChI is InChI=1S/C14H16FNO2/c1-11-8-13(2-3-14(11)15)18-7-5-16-9-12-4-6-17-10-12/h2-4,6,8,10,16H,5,7,9H2,1H3. The van der Waals surface area contributed by atoms with Gasteiger partial charge in [-0.25, -0.2) is 4.39 Å². The van der Waals surface area contributed by atoms with E-state index in [1.165, 1.54) is 6.07 Å². The second kappa shape index (κ2) is 6.21. The second-order valence-corrected chi connectivity index (χ2v) is 4.07. The van der Waals surface area contributed by atoms with E-state index in [4.69, 9.17) is 9.15 Å². The van der Waals surface area contributed by atoms with E-state index in [1.807, 2.05) is 6.07 Å². The van der Waals surface area contributed by atoms with Crippen molar-refractivity contribution in [3.8, 4) is 5.75 Å². The van der Waals surface area contributed by atoms with Gasteiger partial charge in [0.05, 0.1) is 12.5 Å². The summed E-state index contributed by atoms with van der Waals surface area (Å²) in [5.41, 5.74) is 1.70. The first kappa shape index (κ1) is 12.6. The van der Waals surface area contributed by atoms with E-state index < -0.39 is 0 Å². The number of hydrogen-bond donors (Lipinski definition) is 1. The summed E-state index contributed by atoms with van der Waals surface area (Å²) in [6.45, 7) is 3.74. The molecule has 0 aliphatic heterocycles. The normalized spacial score (nSPS) is 10.6. The van der Waals surface area contributed by atoms with Gasteiger partial charge in [0.15, 0.2) is 0 Å². The number of hydrogen-bond acceptors (Lipinski definition) is 3. The van der Waals surface area contributed by atoms with E-state index in [0.717, 1.165) is 18.7 Å². The zero-order chi connectivity index (χ0) is 12.8. The van der Waals surface area contributed by atoms with E-state index in [9.17, 15) is 4.39 Å². The van der Waals surface area contributed by atoms with Gasteiger partial charge in [-0.05, 0) is 36.8 Å². The molecule has 0 atom stereocenters. The van der Waals surface area contributed by atoms with Gasteiger partial charge < -0.3 is 14.5 Å². The van der Waals surface area contributed by atoms with Gasteiger partial charge in [-0.1, -0.05) is 0 Å². The van der Waals surface area contributed by atoms with E-state index in [2.05, 4.69) is 5.32 Å². The maximum Gasteiger partial charge on any atom is 0.126 e. The molecule has 1 aromatic carbocycles. The van der Waals surface area contributed by atoms with E-state index >= 15 is 0 Å². The Morgan fingerprint density at radius 3 is 2.94 bits per heavy atom. The molecule has 3 nitrogen and oxygen atoms in total. The lowest BCUT2D eigenvalue weighted by Gasteiger charge is -2.08. The highest BCUT2D eigenvalue weighted by atomic mass is 19.1. The van der Waals surface area contributed by atoms with E-state index in [-0.39, 0.29) is 5.82 Å². The van der Waals surface area contributed by atoms with Crippen LogP contribution >= 0.6 is 0 Å². The third-order valence-corrected chi connectivity index (χ3v) is 2.59. The summed E-state index contributed by atoms with van der Waals surface area (Å²) in [5, 5.41) is 3.22. The number of benzene rings is 1. The molecule has 0 fully saturated rings. The molecule has 0 saturated carbocycles. The summed E-state index contributed by atoms with van der Waals surface area (Å²) in [6, 6.07) is 6.67. The average Bonchev–Trinajstić information content (AvgIpc) is 2.86. The van der Waals surface area contributed by atoms with Crippen LogP contribution < -0.4 is 10.1 Å². The van der Waals surface area contributed by atoms with Crippen LogP contribution in [0.3, 0.4) is 0 Å². The smallest absolute Gasteiger partial charge is 0.126 e. The number of furan rings is 1. The van der Waals surface area contributed by atoms with Crippen molar-refractivity contribution in [2.24, 2.45) is 0 Å². The first-order valence-electron chi connectivity index (χ1n) is 5.86. The van der Waals surface area contributed by atoms with Crippen LogP contribution in [0.5, 0.6) is 5.75 Å². The Morgan fingerprint density at radius 1 is 1.33 bits per heavy atom. The van der Waals surface area contributed by atoms with Crippen LogP contribution in [-0.4, -0.2) is 13.2 Å². The first-order valence-corrected chi connectivity index (χ1v) is 5.86. The molecule has 0 bridgehead atoms. The molecular formula is C14H16FNO2. The molecule has 0 amide bonds. The fraction of sp³-hybridized carbons (Fsp3) is 0.286. The molecule has 2 rings (SSSR count). The van der Waals surface area contributed by atoms with E-state index in [1.54, 1.807) is 31.6 Å². The van der Waals surface area contributed by atoms with Crippen LogP contribution in [0.4, 0.5) is 4.39 Å². The van der Waals surface area contributed by atoms with Crippen LogP contribution in [0.2, 0.25) is 0 Å². The fourth-order valence-electron chi connectivity index (χ4n) is 1.57. The minimum absolute atomic E-state index is 0.208. The molecule has 1 N–H and O–H groups in total. The molecule has 1 heterocycles. The Hall–Kier alpha value is -1.81. The Morgan fingerprint density at radius 2 is 2.22 bits per heavy atom. The topological polar surface area (TPSA) is 34.4 Å². The molecule has 0 aliphatic rings. The molecule has 0 unspecified atom stereocenters. The minimum atomic E-state index is -0.208. The highest BCUT2D eigenvalue weighted by molar-refractivity contribution is 5.28. The molecule has 0 radical (unpaired) electrons. The van der Waals surface area contributed by atoms with Gasteiger partial charge in [-0.15, -0.1) is 0 Å². The van der Waals surface area contributed by atoms with Crippen molar-refractivity contribution in [3.63, 3.8) is 0 Å². The Kier molecular flexibility index (Phi) is 4.36. The number of rotatable bonds is 6. The molecular weight excluding hydrogens is 233 g/mol.